The average Bonchev–Trinajstić information content (AvgIpc) is 3.21. The standard InChI is InChI=1S/C15H19N5O3S2/c1-20(12-4-8-25(22,23)10-12)15(21)18-7-3-11-9-24-14(19-11)13-16-5-2-6-17-13/h2,5-6,9,12H,3-4,7-8,10H2,1H3,(H,18,21). The maximum Gasteiger partial charge on any atom is 0.317 e. The molecule has 0 saturated carbocycles. The van der Waals surface area contributed by atoms with E-state index in [9.17, 15) is 13.2 Å². The predicted octanol–water partition coefficient (Wildman–Crippen LogP) is 0.971. The van der Waals surface area contributed by atoms with Crippen LogP contribution in [-0.4, -0.2) is 65.4 Å². The fourth-order valence-corrected chi connectivity index (χ4v) is 5.18. The largest absolute Gasteiger partial charge is 0.338 e. The van der Waals surface area contributed by atoms with E-state index >= 15 is 0 Å². The van der Waals surface area contributed by atoms with E-state index in [1.807, 2.05) is 5.38 Å². The first kappa shape index (κ1) is 17.7. The number of carbonyl (C=O) groups excluding carboxylic acids is 1. The van der Waals surface area contributed by atoms with Gasteiger partial charge in [0.25, 0.3) is 0 Å². The van der Waals surface area contributed by atoms with E-state index in [0.29, 0.717) is 25.2 Å². The smallest absolute Gasteiger partial charge is 0.317 e. The van der Waals surface area contributed by atoms with E-state index in [1.165, 1.54) is 16.2 Å². The van der Waals surface area contributed by atoms with E-state index in [1.54, 1.807) is 25.5 Å². The summed E-state index contributed by atoms with van der Waals surface area (Å²) < 4.78 is 23.0. The van der Waals surface area contributed by atoms with Gasteiger partial charge in [-0.25, -0.2) is 28.2 Å². The van der Waals surface area contributed by atoms with Crippen molar-refractivity contribution in [1.82, 2.24) is 25.2 Å². The summed E-state index contributed by atoms with van der Waals surface area (Å²) in [4.78, 5) is 26.4. The third-order valence-corrected chi connectivity index (χ3v) is 6.68. The van der Waals surface area contributed by atoms with Crippen molar-refractivity contribution in [2.75, 3.05) is 25.1 Å². The lowest BCUT2D eigenvalue weighted by Crippen LogP contribution is -2.44. The highest BCUT2D eigenvalue weighted by Gasteiger charge is 2.32. The van der Waals surface area contributed by atoms with Gasteiger partial charge in [0.05, 0.1) is 17.2 Å². The number of rotatable bonds is 5. The second-order valence-electron chi connectivity index (χ2n) is 5.87. The van der Waals surface area contributed by atoms with Gasteiger partial charge in [0.1, 0.15) is 0 Å². The minimum atomic E-state index is -3.00. The van der Waals surface area contributed by atoms with Crippen molar-refractivity contribution in [3.05, 3.63) is 29.5 Å². The lowest BCUT2D eigenvalue weighted by molar-refractivity contribution is 0.195. The van der Waals surface area contributed by atoms with Crippen molar-refractivity contribution in [3.8, 4) is 10.8 Å². The van der Waals surface area contributed by atoms with E-state index < -0.39 is 9.84 Å². The van der Waals surface area contributed by atoms with Crippen LogP contribution in [0.4, 0.5) is 4.79 Å². The number of nitrogens with zero attached hydrogens (tertiary/aromatic N) is 4. The van der Waals surface area contributed by atoms with Crippen molar-refractivity contribution >= 4 is 27.2 Å². The first-order chi connectivity index (χ1) is 11.9. The van der Waals surface area contributed by atoms with Crippen LogP contribution in [0.15, 0.2) is 23.8 Å². The highest BCUT2D eigenvalue weighted by Crippen LogP contribution is 2.19. The van der Waals surface area contributed by atoms with Crippen LogP contribution < -0.4 is 5.32 Å². The lowest BCUT2D eigenvalue weighted by Gasteiger charge is -2.23. The molecule has 2 amide bonds. The molecule has 10 heteroatoms. The highest BCUT2D eigenvalue weighted by molar-refractivity contribution is 7.91. The molecule has 1 saturated heterocycles. The Balaban J connectivity index is 1.48. The molecule has 0 aliphatic carbocycles. The second kappa shape index (κ2) is 7.44. The van der Waals surface area contributed by atoms with E-state index in [-0.39, 0.29) is 23.6 Å². The van der Waals surface area contributed by atoms with Gasteiger partial charge in [0.15, 0.2) is 20.7 Å². The quantitative estimate of drug-likeness (QED) is 0.827. The number of hydrogen-bond donors (Lipinski definition) is 1. The molecule has 1 aliphatic rings. The third kappa shape index (κ3) is 4.51. The van der Waals surface area contributed by atoms with Gasteiger partial charge in [-0.3, -0.25) is 0 Å². The molecule has 25 heavy (non-hydrogen) atoms. The molecule has 1 N–H and O–H groups in total. The first-order valence-corrected chi connectivity index (χ1v) is 10.6. The molecule has 8 nitrogen and oxygen atoms in total. The summed E-state index contributed by atoms with van der Waals surface area (Å²) >= 11 is 1.46. The molecule has 3 rings (SSSR count). The summed E-state index contributed by atoms with van der Waals surface area (Å²) in [5.41, 5.74) is 0.860. The first-order valence-electron chi connectivity index (χ1n) is 7.87. The Hall–Kier alpha value is -2.07. The van der Waals surface area contributed by atoms with Gasteiger partial charge in [0.2, 0.25) is 0 Å². The van der Waals surface area contributed by atoms with Gasteiger partial charge in [-0.2, -0.15) is 0 Å². The molecular formula is C15H19N5O3S2. The van der Waals surface area contributed by atoms with Crippen LogP contribution in [-0.2, 0) is 16.3 Å². The molecule has 134 valence electrons. The molecule has 2 aromatic rings. The van der Waals surface area contributed by atoms with Crippen LogP contribution in [0.1, 0.15) is 12.1 Å². The van der Waals surface area contributed by atoms with Gasteiger partial charge in [-0.05, 0) is 12.5 Å². The zero-order valence-corrected chi connectivity index (χ0v) is 15.4. The predicted molar refractivity (Wildman–Crippen MR) is 95.1 cm³/mol. The maximum absolute atomic E-state index is 12.1. The molecule has 1 fully saturated rings. The topological polar surface area (TPSA) is 105 Å². The molecule has 3 heterocycles. The van der Waals surface area contributed by atoms with Gasteiger partial charge < -0.3 is 10.2 Å². The Morgan fingerprint density at radius 2 is 2.16 bits per heavy atom. The van der Waals surface area contributed by atoms with E-state index in [2.05, 4.69) is 20.3 Å². The zero-order chi connectivity index (χ0) is 17.9. The summed E-state index contributed by atoms with van der Waals surface area (Å²) in [6.45, 7) is 0.432. The Kier molecular flexibility index (Phi) is 5.28. The van der Waals surface area contributed by atoms with Crippen molar-refractivity contribution in [2.24, 2.45) is 0 Å². The molecule has 2 aromatic heterocycles. The van der Waals surface area contributed by atoms with E-state index in [0.717, 1.165) is 10.7 Å². The van der Waals surface area contributed by atoms with Gasteiger partial charge in [-0.15, -0.1) is 11.3 Å². The molecular weight excluding hydrogens is 362 g/mol. The van der Waals surface area contributed by atoms with Crippen LogP contribution in [0, 0.1) is 0 Å². The maximum atomic E-state index is 12.1. The molecule has 1 aliphatic heterocycles. The van der Waals surface area contributed by atoms with Crippen molar-refractivity contribution in [1.29, 1.82) is 0 Å². The Bertz CT molecular complexity index is 838. The van der Waals surface area contributed by atoms with Crippen LogP contribution in [0.25, 0.3) is 10.8 Å². The fourth-order valence-electron chi connectivity index (χ4n) is 2.60. The molecule has 0 spiro atoms. The second-order valence-corrected chi connectivity index (χ2v) is 8.95. The number of hydrogen-bond acceptors (Lipinski definition) is 7. The average molecular weight is 381 g/mol. The molecule has 1 unspecified atom stereocenters. The minimum absolute atomic E-state index is 0.0451. The number of amides is 2. The van der Waals surface area contributed by atoms with E-state index in [4.69, 9.17) is 0 Å². The summed E-state index contributed by atoms with van der Waals surface area (Å²) in [5, 5.41) is 5.48. The summed E-state index contributed by atoms with van der Waals surface area (Å²) in [6, 6.07) is 1.25. The Morgan fingerprint density at radius 3 is 2.84 bits per heavy atom. The van der Waals surface area contributed by atoms with Crippen LogP contribution in [0.2, 0.25) is 0 Å². The Morgan fingerprint density at radius 1 is 1.40 bits per heavy atom. The SMILES string of the molecule is CN(C(=O)NCCc1csc(-c2ncccn2)n1)C1CCS(=O)(=O)C1. The van der Waals surface area contributed by atoms with Gasteiger partial charge in [-0.1, -0.05) is 0 Å². The van der Waals surface area contributed by atoms with Gasteiger partial charge in [0, 0.05) is 43.8 Å². The Labute approximate surface area is 150 Å². The monoisotopic (exact) mass is 381 g/mol. The fraction of sp³-hybridized carbons (Fsp3) is 0.467. The van der Waals surface area contributed by atoms with Crippen molar-refractivity contribution < 1.29 is 13.2 Å². The third-order valence-electron chi connectivity index (χ3n) is 4.04. The number of urea groups is 1. The molecule has 0 radical (unpaired) electrons. The van der Waals surface area contributed by atoms with Gasteiger partial charge >= 0.3 is 6.03 Å². The summed E-state index contributed by atoms with van der Waals surface area (Å²) in [6.07, 6.45) is 4.43. The number of carbonyl (C=O) groups is 1. The summed E-state index contributed by atoms with van der Waals surface area (Å²) in [7, 11) is -1.37. The molecule has 1 atom stereocenters. The molecule has 0 aromatic carbocycles. The lowest BCUT2D eigenvalue weighted by atomic mass is 10.2. The highest BCUT2D eigenvalue weighted by atomic mass is 32.2. The van der Waals surface area contributed by atoms with Crippen LogP contribution >= 0.6 is 11.3 Å². The zero-order valence-electron chi connectivity index (χ0n) is 13.8. The van der Waals surface area contributed by atoms with Crippen LogP contribution in [0.3, 0.4) is 0 Å². The normalized spacial score (nSPS) is 18.8. The van der Waals surface area contributed by atoms with Crippen LogP contribution in [0.5, 0.6) is 0 Å². The number of nitrogens with one attached hydrogen (secondary N) is 1. The molecule has 0 bridgehead atoms. The minimum Gasteiger partial charge on any atom is -0.338 e. The summed E-state index contributed by atoms with van der Waals surface area (Å²) in [5.74, 6) is 0.784. The van der Waals surface area contributed by atoms with Crippen molar-refractivity contribution in [3.63, 3.8) is 0 Å². The van der Waals surface area contributed by atoms with Crippen molar-refractivity contribution in [2.45, 2.75) is 18.9 Å². The number of sulfone groups is 1. The number of thiazole rings is 1. The number of aromatic nitrogens is 3.